The second-order valence-corrected chi connectivity index (χ2v) is 19.1. The van der Waals surface area contributed by atoms with Crippen LogP contribution in [0.2, 0.25) is 18.1 Å². The van der Waals surface area contributed by atoms with Crippen LogP contribution in [-0.2, 0) is 31.5 Å². The molecule has 1 aromatic carbocycles. The molecule has 0 spiro atoms. The number of benzene rings is 1. The van der Waals surface area contributed by atoms with Gasteiger partial charge in [-0.1, -0.05) is 62.9 Å². The first-order valence-corrected chi connectivity index (χ1v) is 16.9. The van der Waals surface area contributed by atoms with E-state index in [2.05, 4.69) is 45.7 Å². The summed E-state index contributed by atoms with van der Waals surface area (Å²) in [6, 6.07) is 9.60. The zero-order valence-electron chi connectivity index (χ0n) is 24.2. The van der Waals surface area contributed by atoms with E-state index in [1.165, 1.54) is 0 Å². The molecule has 1 atom stereocenters. The van der Waals surface area contributed by atoms with Crippen molar-refractivity contribution in [2.45, 2.75) is 83.0 Å². The van der Waals surface area contributed by atoms with Gasteiger partial charge in [0.25, 0.3) is 0 Å². The zero-order valence-corrected chi connectivity index (χ0v) is 26.0. The summed E-state index contributed by atoms with van der Waals surface area (Å²) < 4.78 is 32.3. The maximum atomic E-state index is 13.7. The Bertz CT molecular complexity index is 970. The minimum atomic E-state index is -1.88. The number of hydrogen-bond acceptors (Lipinski definition) is 5. The fourth-order valence-corrected chi connectivity index (χ4v) is 6.16. The van der Waals surface area contributed by atoms with E-state index in [1.807, 2.05) is 55.4 Å². The quantitative estimate of drug-likeness (QED) is 0.227. The number of nitrogens with zero attached hydrogens (tertiary/aromatic N) is 2. The summed E-state index contributed by atoms with van der Waals surface area (Å²) in [4.78, 5) is 14.4. The molecule has 37 heavy (non-hydrogen) atoms. The van der Waals surface area contributed by atoms with Crippen LogP contribution in [0.1, 0.15) is 53.5 Å². The predicted molar refractivity (Wildman–Crippen MR) is 153 cm³/mol. The van der Waals surface area contributed by atoms with E-state index in [4.69, 9.17) is 13.9 Å². The highest BCUT2D eigenvalue weighted by Crippen LogP contribution is 2.37. The van der Waals surface area contributed by atoms with Gasteiger partial charge in [-0.25, -0.2) is 13.3 Å². The molecule has 0 aromatic heterocycles. The number of carbonyl (C=O) groups is 1. The van der Waals surface area contributed by atoms with Gasteiger partial charge in [-0.2, -0.15) is 0 Å². The number of amides is 1. The number of likely N-dealkylation sites (tertiary alicyclic amines) is 1. The van der Waals surface area contributed by atoms with Gasteiger partial charge in [0.2, 0.25) is 0 Å². The Morgan fingerprint density at radius 2 is 1.76 bits per heavy atom. The SMILES string of the molecule is COCC#CC1(N(CCCO[Si](C)(C)C(C)(C)C)S(=O)C(C)(C)C)CN(C(=O)OCc2ccccc2)C1. The number of rotatable bonds is 10. The monoisotopic (exact) mass is 550 g/mol. The maximum absolute atomic E-state index is 13.7. The van der Waals surface area contributed by atoms with E-state index in [0.29, 0.717) is 26.2 Å². The molecular formula is C28H46N2O5SSi. The number of ether oxygens (including phenoxy) is 2. The van der Waals surface area contributed by atoms with E-state index in [-0.39, 0.29) is 18.3 Å². The molecule has 1 aliphatic heterocycles. The lowest BCUT2D eigenvalue weighted by Crippen LogP contribution is -2.72. The Balaban J connectivity index is 2.16. The Morgan fingerprint density at radius 3 is 2.30 bits per heavy atom. The fraction of sp³-hybridized carbons (Fsp3) is 0.679. The van der Waals surface area contributed by atoms with Crippen molar-refractivity contribution in [3.63, 3.8) is 0 Å². The first-order chi connectivity index (χ1) is 17.1. The fourth-order valence-electron chi connectivity index (χ4n) is 3.63. The van der Waals surface area contributed by atoms with Gasteiger partial charge in [0.05, 0.1) is 17.8 Å². The molecule has 1 amide bonds. The third-order valence-electron chi connectivity index (χ3n) is 6.88. The normalized spacial score (nSPS) is 16.5. The average Bonchev–Trinajstić information content (AvgIpc) is 2.78. The predicted octanol–water partition coefficient (Wildman–Crippen LogP) is 5.20. The highest BCUT2D eigenvalue weighted by Gasteiger charge is 2.52. The summed E-state index contributed by atoms with van der Waals surface area (Å²) >= 11 is 0. The van der Waals surface area contributed by atoms with E-state index < -0.39 is 35.7 Å². The van der Waals surface area contributed by atoms with Crippen molar-refractivity contribution in [3.05, 3.63) is 35.9 Å². The number of carbonyl (C=O) groups excluding carboxylic acids is 1. The van der Waals surface area contributed by atoms with Gasteiger partial charge < -0.3 is 18.8 Å². The molecular weight excluding hydrogens is 504 g/mol. The van der Waals surface area contributed by atoms with Crippen molar-refractivity contribution in [2.75, 3.05) is 40.0 Å². The van der Waals surface area contributed by atoms with Gasteiger partial charge >= 0.3 is 6.09 Å². The van der Waals surface area contributed by atoms with Crippen molar-refractivity contribution >= 4 is 25.4 Å². The van der Waals surface area contributed by atoms with Crippen LogP contribution in [0.15, 0.2) is 30.3 Å². The Labute approximate surface area is 227 Å². The minimum absolute atomic E-state index is 0.127. The molecule has 7 nitrogen and oxygen atoms in total. The smallest absolute Gasteiger partial charge is 0.410 e. The van der Waals surface area contributed by atoms with Crippen molar-refractivity contribution < 1.29 is 22.9 Å². The van der Waals surface area contributed by atoms with Crippen molar-refractivity contribution in [2.24, 2.45) is 0 Å². The third-order valence-corrected chi connectivity index (χ3v) is 13.4. The lowest BCUT2D eigenvalue weighted by atomic mass is 9.90. The molecule has 2 rings (SSSR count). The molecule has 208 valence electrons. The zero-order chi connectivity index (χ0) is 27.9. The summed E-state index contributed by atoms with van der Waals surface area (Å²) in [7, 11) is -1.62. The lowest BCUT2D eigenvalue weighted by molar-refractivity contribution is 0.0148. The average molecular weight is 551 g/mol. The number of methoxy groups -OCH3 is 1. The molecule has 0 bridgehead atoms. The van der Waals surface area contributed by atoms with E-state index in [1.54, 1.807) is 12.0 Å². The minimum Gasteiger partial charge on any atom is -0.445 e. The van der Waals surface area contributed by atoms with Crippen molar-refractivity contribution in [1.29, 1.82) is 0 Å². The van der Waals surface area contributed by atoms with Gasteiger partial charge in [0.15, 0.2) is 8.32 Å². The maximum Gasteiger partial charge on any atom is 0.410 e. The molecule has 1 fully saturated rings. The second kappa shape index (κ2) is 12.9. The second-order valence-electron chi connectivity index (χ2n) is 12.1. The molecule has 1 aromatic rings. The van der Waals surface area contributed by atoms with Crippen LogP contribution in [0.3, 0.4) is 0 Å². The topological polar surface area (TPSA) is 68.3 Å². The Morgan fingerprint density at radius 1 is 1.14 bits per heavy atom. The number of hydrogen-bond donors (Lipinski definition) is 0. The van der Waals surface area contributed by atoms with Gasteiger partial charge in [0.1, 0.15) is 29.7 Å². The molecule has 1 saturated heterocycles. The summed E-state index contributed by atoms with van der Waals surface area (Å²) in [5, 5.41) is 0.127. The van der Waals surface area contributed by atoms with Crippen LogP contribution in [0, 0.1) is 11.8 Å². The van der Waals surface area contributed by atoms with Crippen LogP contribution >= 0.6 is 0 Å². The van der Waals surface area contributed by atoms with Gasteiger partial charge in [-0.3, -0.25) is 0 Å². The molecule has 0 radical (unpaired) electrons. The van der Waals surface area contributed by atoms with E-state index in [0.717, 1.165) is 12.0 Å². The molecule has 9 heteroatoms. The van der Waals surface area contributed by atoms with Gasteiger partial charge in [0, 0.05) is 20.3 Å². The van der Waals surface area contributed by atoms with Crippen LogP contribution < -0.4 is 0 Å². The third kappa shape index (κ3) is 8.65. The van der Waals surface area contributed by atoms with Crippen LogP contribution in [0.5, 0.6) is 0 Å². The standard InChI is InChI=1S/C28H46N2O5SSi/c1-26(2,3)36(32)30(18-14-20-35-37(8,9)27(4,5)6)28(17-13-19-33-7)22-29(23-28)25(31)34-21-24-15-11-10-12-16-24/h10-12,15-16H,14,18-23H2,1-9H3. The first-order valence-electron chi connectivity index (χ1n) is 12.9. The highest BCUT2D eigenvalue weighted by atomic mass is 32.2. The molecule has 0 N–H and O–H groups in total. The summed E-state index contributed by atoms with van der Waals surface area (Å²) in [5.74, 6) is 6.37. The highest BCUT2D eigenvalue weighted by molar-refractivity contribution is 7.84. The summed E-state index contributed by atoms with van der Waals surface area (Å²) in [5.41, 5.74) is 0.194. The van der Waals surface area contributed by atoms with Crippen LogP contribution in [0.4, 0.5) is 4.79 Å². The Kier molecular flexibility index (Phi) is 11.0. The largest absolute Gasteiger partial charge is 0.445 e. The van der Waals surface area contributed by atoms with Crippen LogP contribution in [-0.4, -0.2) is 78.1 Å². The summed E-state index contributed by atoms with van der Waals surface area (Å²) in [6.45, 7) is 19.3. The Hall–Kier alpha value is -1.70. The molecule has 0 saturated carbocycles. The van der Waals surface area contributed by atoms with Crippen molar-refractivity contribution in [1.82, 2.24) is 9.21 Å². The first kappa shape index (κ1) is 31.5. The van der Waals surface area contributed by atoms with Crippen LogP contribution in [0.25, 0.3) is 0 Å². The summed E-state index contributed by atoms with van der Waals surface area (Å²) in [6.07, 6.45) is 0.330. The van der Waals surface area contributed by atoms with E-state index >= 15 is 0 Å². The molecule has 0 aliphatic carbocycles. The lowest BCUT2D eigenvalue weighted by Gasteiger charge is -2.52. The van der Waals surface area contributed by atoms with Crippen molar-refractivity contribution in [3.8, 4) is 11.8 Å². The molecule has 1 aliphatic rings. The van der Waals surface area contributed by atoms with Gasteiger partial charge in [-0.05, 0) is 50.9 Å². The molecule has 1 unspecified atom stereocenters. The van der Waals surface area contributed by atoms with E-state index in [9.17, 15) is 9.00 Å². The van der Waals surface area contributed by atoms with Gasteiger partial charge in [-0.15, -0.1) is 0 Å². The molecule has 1 heterocycles.